The lowest BCUT2D eigenvalue weighted by Crippen LogP contribution is -2.12. The van der Waals surface area contributed by atoms with Crippen LogP contribution in [0.1, 0.15) is 0 Å². The standard InChI is InChI=1S/C20H14O6/c1-24-17(22)10-25-12-8-15(21)18-16(9-12)26-20-13-5-3-2-4-11(13)6-7-14(20)19(18)23/h2-9,21H,10H2,1H3. The number of benzene rings is 3. The van der Waals surface area contributed by atoms with Crippen molar-refractivity contribution in [2.75, 3.05) is 13.7 Å². The number of rotatable bonds is 3. The van der Waals surface area contributed by atoms with E-state index in [2.05, 4.69) is 4.74 Å². The molecule has 0 atom stereocenters. The summed E-state index contributed by atoms with van der Waals surface area (Å²) in [4.78, 5) is 24.1. The highest BCUT2D eigenvalue weighted by atomic mass is 16.6. The molecule has 0 aliphatic carbocycles. The van der Waals surface area contributed by atoms with Crippen molar-refractivity contribution in [2.24, 2.45) is 0 Å². The number of hydrogen-bond donors (Lipinski definition) is 1. The van der Waals surface area contributed by atoms with E-state index in [4.69, 9.17) is 9.15 Å². The molecule has 0 unspecified atom stereocenters. The lowest BCUT2D eigenvalue weighted by Gasteiger charge is -2.09. The van der Waals surface area contributed by atoms with Crippen LogP contribution in [0.5, 0.6) is 11.5 Å². The Labute approximate surface area is 147 Å². The second-order valence-corrected chi connectivity index (χ2v) is 5.77. The fraction of sp³-hybridized carbons (Fsp3) is 0.100. The minimum absolute atomic E-state index is 0.0678. The van der Waals surface area contributed by atoms with Gasteiger partial charge in [0, 0.05) is 17.5 Å². The molecule has 6 nitrogen and oxygen atoms in total. The maximum absolute atomic E-state index is 12.8. The van der Waals surface area contributed by atoms with Gasteiger partial charge in [0.05, 0.1) is 12.5 Å². The van der Waals surface area contributed by atoms with E-state index in [1.807, 2.05) is 30.3 Å². The first-order chi connectivity index (χ1) is 12.6. The topological polar surface area (TPSA) is 86.0 Å². The van der Waals surface area contributed by atoms with Crippen molar-refractivity contribution >= 4 is 38.7 Å². The smallest absolute Gasteiger partial charge is 0.343 e. The third kappa shape index (κ3) is 2.52. The number of phenols is 1. The SMILES string of the molecule is COC(=O)COc1cc(O)c2c(=O)c3ccc4ccccc4c3oc2c1. The van der Waals surface area contributed by atoms with Gasteiger partial charge in [0.15, 0.2) is 6.61 Å². The summed E-state index contributed by atoms with van der Waals surface area (Å²) in [5.41, 5.74) is 0.285. The van der Waals surface area contributed by atoms with Gasteiger partial charge in [0.1, 0.15) is 28.1 Å². The van der Waals surface area contributed by atoms with E-state index >= 15 is 0 Å². The van der Waals surface area contributed by atoms with Crippen molar-refractivity contribution in [1.29, 1.82) is 0 Å². The molecule has 0 spiro atoms. The molecular formula is C20H14O6. The molecule has 3 aromatic carbocycles. The number of fused-ring (bicyclic) bond motifs is 4. The van der Waals surface area contributed by atoms with Crippen LogP contribution < -0.4 is 10.2 Å². The largest absolute Gasteiger partial charge is 0.507 e. The summed E-state index contributed by atoms with van der Waals surface area (Å²) in [5.74, 6) is -0.634. The molecule has 1 heterocycles. The van der Waals surface area contributed by atoms with Crippen molar-refractivity contribution in [1.82, 2.24) is 0 Å². The lowest BCUT2D eigenvalue weighted by atomic mass is 10.1. The first kappa shape index (κ1) is 16.0. The number of esters is 1. The Hall–Kier alpha value is -3.54. The summed E-state index contributed by atoms with van der Waals surface area (Å²) in [6.07, 6.45) is 0. The fourth-order valence-corrected chi connectivity index (χ4v) is 2.95. The molecule has 0 saturated heterocycles. The molecule has 130 valence electrons. The van der Waals surface area contributed by atoms with Gasteiger partial charge in [0.2, 0.25) is 5.43 Å². The zero-order valence-electron chi connectivity index (χ0n) is 13.8. The fourth-order valence-electron chi connectivity index (χ4n) is 2.95. The van der Waals surface area contributed by atoms with Crippen LogP contribution in [0.15, 0.2) is 57.7 Å². The van der Waals surface area contributed by atoms with Crippen LogP contribution in [0.3, 0.4) is 0 Å². The Bertz CT molecular complexity index is 1220. The van der Waals surface area contributed by atoms with E-state index in [1.54, 1.807) is 6.07 Å². The van der Waals surface area contributed by atoms with Crippen LogP contribution >= 0.6 is 0 Å². The highest BCUT2D eigenvalue weighted by Crippen LogP contribution is 2.32. The van der Waals surface area contributed by atoms with Crippen LogP contribution in [0.2, 0.25) is 0 Å². The van der Waals surface area contributed by atoms with Gasteiger partial charge in [-0.1, -0.05) is 30.3 Å². The minimum Gasteiger partial charge on any atom is -0.507 e. The normalized spacial score (nSPS) is 11.1. The summed E-state index contributed by atoms with van der Waals surface area (Å²) >= 11 is 0. The Morgan fingerprint density at radius 3 is 2.73 bits per heavy atom. The number of aromatic hydroxyl groups is 1. The lowest BCUT2D eigenvalue weighted by molar-refractivity contribution is -0.142. The Morgan fingerprint density at radius 1 is 1.12 bits per heavy atom. The molecule has 26 heavy (non-hydrogen) atoms. The molecule has 0 fully saturated rings. The van der Waals surface area contributed by atoms with Gasteiger partial charge >= 0.3 is 5.97 Å². The number of methoxy groups -OCH3 is 1. The zero-order chi connectivity index (χ0) is 18.3. The molecule has 4 aromatic rings. The van der Waals surface area contributed by atoms with Crippen molar-refractivity contribution in [3.8, 4) is 11.5 Å². The van der Waals surface area contributed by atoms with Gasteiger partial charge in [-0.05, 0) is 11.5 Å². The zero-order valence-corrected chi connectivity index (χ0v) is 13.8. The first-order valence-electron chi connectivity index (χ1n) is 7.89. The molecule has 4 rings (SSSR count). The minimum atomic E-state index is -0.560. The van der Waals surface area contributed by atoms with Crippen LogP contribution in [-0.4, -0.2) is 24.8 Å². The van der Waals surface area contributed by atoms with Gasteiger partial charge in [-0.2, -0.15) is 0 Å². The quantitative estimate of drug-likeness (QED) is 0.346. The van der Waals surface area contributed by atoms with Crippen LogP contribution in [-0.2, 0) is 9.53 Å². The number of carbonyl (C=O) groups excluding carboxylic acids is 1. The van der Waals surface area contributed by atoms with E-state index in [1.165, 1.54) is 19.2 Å². The summed E-state index contributed by atoms with van der Waals surface area (Å²) in [5, 5.41) is 12.5. The highest BCUT2D eigenvalue weighted by molar-refractivity contribution is 6.07. The van der Waals surface area contributed by atoms with E-state index in [0.29, 0.717) is 11.0 Å². The Morgan fingerprint density at radius 2 is 1.92 bits per heavy atom. The van der Waals surface area contributed by atoms with Gasteiger partial charge in [-0.25, -0.2) is 4.79 Å². The molecule has 0 aliphatic rings. The van der Waals surface area contributed by atoms with Crippen LogP contribution in [0, 0.1) is 0 Å². The average molecular weight is 350 g/mol. The molecule has 0 saturated carbocycles. The van der Waals surface area contributed by atoms with Gasteiger partial charge in [0.25, 0.3) is 0 Å². The van der Waals surface area contributed by atoms with E-state index < -0.39 is 5.97 Å². The number of hydrogen-bond acceptors (Lipinski definition) is 6. The predicted octanol–water partition coefficient (Wildman–Crippen LogP) is 3.36. The molecule has 1 aromatic heterocycles. The summed E-state index contributed by atoms with van der Waals surface area (Å²) < 4.78 is 15.7. The highest BCUT2D eigenvalue weighted by Gasteiger charge is 2.15. The Kier molecular flexibility index (Phi) is 3.73. The van der Waals surface area contributed by atoms with Crippen molar-refractivity contribution in [3.05, 3.63) is 58.8 Å². The average Bonchev–Trinajstić information content (AvgIpc) is 2.65. The number of carbonyl (C=O) groups is 1. The van der Waals surface area contributed by atoms with E-state index in [0.717, 1.165) is 10.8 Å². The summed E-state index contributed by atoms with van der Waals surface area (Å²) in [6.45, 7) is -0.317. The Balaban J connectivity index is 1.98. The first-order valence-corrected chi connectivity index (χ1v) is 7.89. The number of phenolic OH excluding ortho intramolecular Hbond substituents is 1. The molecular weight excluding hydrogens is 336 g/mol. The summed E-state index contributed by atoms with van der Waals surface area (Å²) in [6, 6.07) is 13.8. The van der Waals surface area contributed by atoms with E-state index in [-0.39, 0.29) is 34.5 Å². The molecule has 1 N–H and O–H groups in total. The third-order valence-electron chi connectivity index (χ3n) is 4.20. The van der Waals surface area contributed by atoms with Gasteiger partial charge in [-0.15, -0.1) is 0 Å². The van der Waals surface area contributed by atoms with Crippen molar-refractivity contribution in [2.45, 2.75) is 0 Å². The summed E-state index contributed by atoms with van der Waals surface area (Å²) in [7, 11) is 1.25. The molecule has 0 bridgehead atoms. The van der Waals surface area contributed by atoms with Crippen molar-refractivity contribution < 1.29 is 23.8 Å². The third-order valence-corrected chi connectivity index (χ3v) is 4.20. The van der Waals surface area contributed by atoms with E-state index in [9.17, 15) is 14.7 Å². The molecule has 0 aliphatic heterocycles. The predicted molar refractivity (Wildman–Crippen MR) is 96.7 cm³/mol. The molecule has 0 amide bonds. The number of ether oxygens (including phenoxy) is 2. The maximum Gasteiger partial charge on any atom is 0.343 e. The second kappa shape index (κ2) is 6.07. The van der Waals surface area contributed by atoms with Gasteiger partial charge < -0.3 is 19.0 Å². The van der Waals surface area contributed by atoms with Crippen LogP contribution in [0.4, 0.5) is 0 Å². The maximum atomic E-state index is 12.8. The van der Waals surface area contributed by atoms with Crippen LogP contribution in [0.25, 0.3) is 32.7 Å². The van der Waals surface area contributed by atoms with Crippen molar-refractivity contribution in [3.63, 3.8) is 0 Å². The second-order valence-electron chi connectivity index (χ2n) is 5.77. The molecule has 6 heteroatoms. The monoisotopic (exact) mass is 350 g/mol. The molecule has 0 radical (unpaired) electrons. The van der Waals surface area contributed by atoms with Gasteiger partial charge in [-0.3, -0.25) is 4.79 Å².